The Labute approximate surface area is 89.7 Å². The minimum Gasteiger partial charge on any atom is -0.317 e. The largest absolute Gasteiger partial charge is 0.317 e. The summed E-state index contributed by atoms with van der Waals surface area (Å²) in [4.78, 5) is 0. The summed E-state index contributed by atoms with van der Waals surface area (Å²) in [5, 5.41) is 3.53. The van der Waals surface area contributed by atoms with Gasteiger partial charge >= 0.3 is 0 Å². The zero-order chi connectivity index (χ0) is 10.7. The highest BCUT2D eigenvalue weighted by atomic mass is 14.9. The lowest BCUT2D eigenvalue weighted by molar-refractivity contribution is 0.0434. The molecule has 1 saturated heterocycles. The monoisotopic (exact) mass is 197 g/mol. The summed E-state index contributed by atoms with van der Waals surface area (Å²) in [7, 11) is 0. The number of hydrogen-bond donors (Lipinski definition) is 1. The molecule has 84 valence electrons. The molecular weight excluding hydrogens is 170 g/mol. The van der Waals surface area contributed by atoms with Crippen molar-refractivity contribution in [1.82, 2.24) is 5.32 Å². The molecular formula is C13H27N. The van der Waals surface area contributed by atoms with Crippen LogP contribution < -0.4 is 5.32 Å². The van der Waals surface area contributed by atoms with Gasteiger partial charge in [-0.05, 0) is 49.6 Å². The van der Waals surface area contributed by atoms with Crippen LogP contribution in [0.15, 0.2) is 0 Å². The third-order valence-electron chi connectivity index (χ3n) is 4.79. The van der Waals surface area contributed by atoms with E-state index in [9.17, 15) is 0 Å². The van der Waals surface area contributed by atoms with Crippen LogP contribution in [0.4, 0.5) is 0 Å². The molecule has 14 heavy (non-hydrogen) atoms. The van der Waals surface area contributed by atoms with E-state index in [2.05, 4.69) is 33.0 Å². The lowest BCUT2D eigenvalue weighted by Crippen LogP contribution is -2.37. The van der Waals surface area contributed by atoms with E-state index in [1.165, 1.54) is 45.2 Å². The molecule has 0 aromatic heterocycles. The van der Waals surface area contributed by atoms with Gasteiger partial charge in [-0.2, -0.15) is 0 Å². The lowest BCUT2D eigenvalue weighted by atomic mass is 9.59. The first kappa shape index (κ1) is 12.0. The second-order valence-corrected chi connectivity index (χ2v) is 5.47. The molecule has 1 unspecified atom stereocenters. The van der Waals surface area contributed by atoms with Crippen LogP contribution in [0.1, 0.15) is 59.8 Å². The van der Waals surface area contributed by atoms with Gasteiger partial charge in [0, 0.05) is 0 Å². The van der Waals surface area contributed by atoms with E-state index in [0.29, 0.717) is 10.8 Å². The summed E-state index contributed by atoms with van der Waals surface area (Å²) in [6, 6.07) is 0. The molecule has 1 N–H and O–H groups in total. The van der Waals surface area contributed by atoms with Crippen molar-refractivity contribution in [2.45, 2.75) is 59.8 Å². The van der Waals surface area contributed by atoms with Gasteiger partial charge < -0.3 is 5.32 Å². The molecule has 1 rings (SSSR count). The number of rotatable bonds is 3. The topological polar surface area (TPSA) is 12.0 Å². The summed E-state index contributed by atoms with van der Waals surface area (Å²) in [6.07, 6.45) is 6.79. The third-order valence-corrected chi connectivity index (χ3v) is 4.79. The van der Waals surface area contributed by atoms with Crippen molar-refractivity contribution in [1.29, 1.82) is 0 Å². The van der Waals surface area contributed by atoms with Crippen molar-refractivity contribution in [2.24, 2.45) is 10.8 Å². The van der Waals surface area contributed by atoms with Gasteiger partial charge in [-0.25, -0.2) is 0 Å². The smallest absolute Gasteiger partial charge is 0.00434 e. The van der Waals surface area contributed by atoms with E-state index in [1.54, 1.807) is 0 Å². The Balaban J connectivity index is 2.81. The molecule has 0 saturated carbocycles. The van der Waals surface area contributed by atoms with Crippen molar-refractivity contribution in [3.8, 4) is 0 Å². The molecule has 0 radical (unpaired) electrons. The minimum atomic E-state index is 0.508. The number of hydrogen-bond acceptors (Lipinski definition) is 1. The standard InChI is InChI=1S/C13H27N/c1-5-12(3,4)13(6-2)8-7-10-14-11-9-13/h14H,5-11H2,1-4H3. The third kappa shape index (κ3) is 2.13. The predicted molar refractivity (Wildman–Crippen MR) is 63.5 cm³/mol. The quantitative estimate of drug-likeness (QED) is 0.729. The van der Waals surface area contributed by atoms with Gasteiger partial charge in [-0.1, -0.05) is 34.1 Å². The maximum Gasteiger partial charge on any atom is -0.00434 e. The van der Waals surface area contributed by atoms with Crippen molar-refractivity contribution in [2.75, 3.05) is 13.1 Å². The molecule has 0 aliphatic carbocycles. The van der Waals surface area contributed by atoms with Gasteiger partial charge in [0.2, 0.25) is 0 Å². The Kier molecular flexibility index (Phi) is 4.00. The van der Waals surface area contributed by atoms with Crippen LogP contribution in [-0.2, 0) is 0 Å². The van der Waals surface area contributed by atoms with Crippen molar-refractivity contribution < 1.29 is 0 Å². The molecule has 1 aliphatic heterocycles. The summed E-state index contributed by atoms with van der Waals surface area (Å²) >= 11 is 0. The molecule has 1 fully saturated rings. The van der Waals surface area contributed by atoms with Crippen LogP contribution in [0.3, 0.4) is 0 Å². The first-order valence-electron chi connectivity index (χ1n) is 6.29. The van der Waals surface area contributed by atoms with E-state index >= 15 is 0 Å². The predicted octanol–water partition coefficient (Wildman–Crippen LogP) is 3.59. The summed E-state index contributed by atoms with van der Waals surface area (Å²) < 4.78 is 0. The van der Waals surface area contributed by atoms with Gasteiger partial charge in [0.05, 0.1) is 0 Å². The average Bonchev–Trinajstić information content (AvgIpc) is 2.43. The van der Waals surface area contributed by atoms with E-state index in [4.69, 9.17) is 0 Å². The Morgan fingerprint density at radius 2 is 1.86 bits per heavy atom. The van der Waals surface area contributed by atoms with Gasteiger partial charge in [-0.3, -0.25) is 0 Å². The molecule has 0 aromatic carbocycles. The molecule has 0 bridgehead atoms. The van der Waals surface area contributed by atoms with Crippen molar-refractivity contribution in [3.63, 3.8) is 0 Å². The van der Waals surface area contributed by atoms with E-state index in [0.717, 1.165) is 0 Å². The molecule has 1 heterocycles. The van der Waals surface area contributed by atoms with Gasteiger partial charge in [0.15, 0.2) is 0 Å². The van der Waals surface area contributed by atoms with Crippen LogP contribution >= 0.6 is 0 Å². The Morgan fingerprint density at radius 1 is 1.14 bits per heavy atom. The zero-order valence-electron chi connectivity index (χ0n) is 10.4. The molecule has 1 atom stereocenters. The maximum atomic E-state index is 3.53. The highest BCUT2D eigenvalue weighted by molar-refractivity contribution is 4.93. The van der Waals surface area contributed by atoms with Crippen LogP contribution in [0.2, 0.25) is 0 Å². The van der Waals surface area contributed by atoms with Crippen molar-refractivity contribution in [3.05, 3.63) is 0 Å². The number of nitrogens with one attached hydrogen (secondary N) is 1. The van der Waals surface area contributed by atoms with Crippen LogP contribution in [0, 0.1) is 10.8 Å². The summed E-state index contributed by atoms with van der Waals surface area (Å²) in [5.74, 6) is 0. The maximum absolute atomic E-state index is 3.53. The Bertz CT molecular complexity index is 164. The fourth-order valence-electron chi connectivity index (χ4n) is 3.01. The lowest BCUT2D eigenvalue weighted by Gasteiger charge is -2.46. The average molecular weight is 197 g/mol. The Morgan fingerprint density at radius 3 is 2.43 bits per heavy atom. The van der Waals surface area contributed by atoms with E-state index in [-0.39, 0.29) is 0 Å². The highest BCUT2D eigenvalue weighted by Crippen LogP contribution is 2.50. The van der Waals surface area contributed by atoms with Gasteiger partial charge in [-0.15, -0.1) is 0 Å². The molecule has 1 heteroatoms. The van der Waals surface area contributed by atoms with Crippen LogP contribution in [0.5, 0.6) is 0 Å². The van der Waals surface area contributed by atoms with E-state index < -0.39 is 0 Å². The zero-order valence-corrected chi connectivity index (χ0v) is 10.4. The first-order chi connectivity index (χ1) is 6.58. The van der Waals surface area contributed by atoms with Crippen molar-refractivity contribution >= 4 is 0 Å². The first-order valence-corrected chi connectivity index (χ1v) is 6.29. The highest BCUT2D eigenvalue weighted by Gasteiger charge is 2.41. The summed E-state index contributed by atoms with van der Waals surface area (Å²) in [5.41, 5.74) is 1.10. The molecule has 1 nitrogen and oxygen atoms in total. The Hall–Kier alpha value is -0.0400. The normalized spacial score (nSPS) is 30.0. The van der Waals surface area contributed by atoms with Crippen LogP contribution in [-0.4, -0.2) is 13.1 Å². The molecule has 0 spiro atoms. The summed E-state index contributed by atoms with van der Waals surface area (Å²) in [6.45, 7) is 12.1. The second kappa shape index (κ2) is 4.65. The fraction of sp³-hybridized carbons (Fsp3) is 1.00. The van der Waals surface area contributed by atoms with Gasteiger partial charge in [0.25, 0.3) is 0 Å². The molecule has 1 aliphatic rings. The molecule has 0 amide bonds. The fourth-order valence-corrected chi connectivity index (χ4v) is 3.01. The SMILES string of the molecule is CCC(C)(C)C1(CC)CCCNCC1. The van der Waals surface area contributed by atoms with E-state index in [1.807, 2.05) is 0 Å². The molecule has 0 aromatic rings. The van der Waals surface area contributed by atoms with Gasteiger partial charge in [0.1, 0.15) is 0 Å². The van der Waals surface area contributed by atoms with Crippen LogP contribution in [0.25, 0.3) is 0 Å². The minimum absolute atomic E-state index is 0.508. The second-order valence-electron chi connectivity index (χ2n) is 5.47.